The Labute approximate surface area is 115 Å². The maximum atomic E-state index is 5.70. The Bertz CT molecular complexity index is 370. The predicted octanol–water partition coefficient (Wildman–Crippen LogP) is 1.32. The standard InChI is InChI=1S/C13H25N5O/c1-13(2,8-14)9-16-12-7-11(17-10-18-12)15-5-4-6-19-3/h7,10H,4-6,8-9,14H2,1-3H3,(H2,15,16,17,18). The molecule has 19 heavy (non-hydrogen) atoms. The van der Waals surface area contributed by atoms with Gasteiger partial charge in [-0.05, 0) is 18.4 Å². The number of nitrogens with two attached hydrogens (primary N) is 1. The molecule has 0 spiro atoms. The molecule has 108 valence electrons. The average molecular weight is 267 g/mol. The van der Waals surface area contributed by atoms with Crippen molar-refractivity contribution in [1.29, 1.82) is 0 Å². The van der Waals surface area contributed by atoms with Crippen molar-refractivity contribution in [3.8, 4) is 0 Å². The van der Waals surface area contributed by atoms with E-state index in [0.29, 0.717) is 6.54 Å². The van der Waals surface area contributed by atoms with E-state index in [4.69, 9.17) is 10.5 Å². The molecule has 0 amide bonds. The minimum Gasteiger partial charge on any atom is -0.385 e. The summed E-state index contributed by atoms with van der Waals surface area (Å²) in [5.41, 5.74) is 5.75. The van der Waals surface area contributed by atoms with Crippen LogP contribution >= 0.6 is 0 Å². The number of methoxy groups -OCH3 is 1. The van der Waals surface area contributed by atoms with Gasteiger partial charge in [0.15, 0.2) is 0 Å². The molecule has 0 aliphatic rings. The third-order valence-corrected chi connectivity index (χ3v) is 2.80. The van der Waals surface area contributed by atoms with Gasteiger partial charge in [0, 0.05) is 32.9 Å². The molecule has 0 radical (unpaired) electrons. The zero-order valence-electron chi connectivity index (χ0n) is 12.1. The second-order valence-electron chi connectivity index (χ2n) is 5.28. The minimum absolute atomic E-state index is 0.0526. The van der Waals surface area contributed by atoms with Crippen LogP contribution in [0.4, 0.5) is 11.6 Å². The van der Waals surface area contributed by atoms with Gasteiger partial charge in [-0.25, -0.2) is 9.97 Å². The van der Waals surface area contributed by atoms with Crippen LogP contribution in [0.5, 0.6) is 0 Å². The van der Waals surface area contributed by atoms with Gasteiger partial charge in [-0.2, -0.15) is 0 Å². The predicted molar refractivity (Wildman–Crippen MR) is 78.3 cm³/mol. The van der Waals surface area contributed by atoms with Crippen LogP contribution in [0.2, 0.25) is 0 Å². The first-order valence-electron chi connectivity index (χ1n) is 6.56. The van der Waals surface area contributed by atoms with Crippen molar-refractivity contribution in [1.82, 2.24) is 9.97 Å². The number of ether oxygens (including phenoxy) is 1. The van der Waals surface area contributed by atoms with Crippen LogP contribution in [-0.4, -0.2) is 43.3 Å². The maximum Gasteiger partial charge on any atom is 0.131 e. The Hall–Kier alpha value is -1.40. The molecule has 0 saturated heterocycles. The van der Waals surface area contributed by atoms with Crippen LogP contribution in [0.1, 0.15) is 20.3 Å². The zero-order chi connectivity index (χ0) is 14.1. The molecule has 6 nitrogen and oxygen atoms in total. The van der Waals surface area contributed by atoms with E-state index in [1.165, 1.54) is 0 Å². The summed E-state index contributed by atoms with van der Waals surface area (Å²) in [6.07, 6.45) is 2.50. The molecule has 1 heterocycles. The Balaban J connectivity index is 2.43. The van der Waals surface area contributed by atoms with E-state index in [9.17, 15) is 0 Å². The number of hydrogen-bond donors (Lipinski definition) is 3. The number of nitrogens with zero attached hydrogens (tertiary/aromatic N) is 2. The molecule has 0 unspecified atom stereocenters. The molecule has 0 aliphatic carbocycles. The van der Waals surface area contributed by atoms with Crippen molar-refractivity contribution in [2.24, 2.45) is 11.1 Å². The Morgan fingerprint density at radius 3 is 2.58 bits per heavy atom. The van der Waals surface area contributed by atoms with Crippen molar-refractivity contribution >= 4 is 11.6 Å². The third kappa shape index (κ3) is 6.35. The second-order valence-corrected chi connectivity index (χ2v) is 5.28. The lowest BCUT2D eigenvalue weighted by molar-refractivity contribution is 0.198. The van der Waals surface area contributed by atoms with E-state index in [2.05, 4.69) is 34.4 Å². The molecule has 4 N–H and O–H groups in total. The first-order valence-corrected chi connectivity index (χ1v) is 6.56. The summed E-state index contributed by atoms with van der Waals surface area (Å²) in [4.78, 5) is 8.37. The second kappa shape index (κ2) is 7.91. The first kappa shape index (κ1) is 15.7. The first-order chi connectivity index (χ1) is 9.07. The third-order valence-electron chi connectivity index (χ3n) is 2.80. The van der Waals surface area contributed by atoms with Crippen LogP contribution in [0, 0.1) is 5.41 Å². The molecule has 0 atom stereocenters. The van der Waals surface area contributed by atoms with Gasteiger partial charge >= 0.3 is 0 Å². The van der Waals surface area contributed by atoms with E-state index in [1.807, 2.05) is 6.07 Å². The summed E-state index contributed by atoms with van der Waals surface area (Å²) in [5, 5.41) is 6.52. The van der Waals surface area contributed by atoms with Crippen molar-refractivity contribution in [2.45, 2.75) is 20.3 Å². The molecule has 1 rings (SSSR count). The highest BCUT2D eigenvalue weighted by Crippen LogP contribution is 2.15. The number of rotatable bonds is 9. The highest BCUT2D eigenvalue weighted by atomic mass is 16.5. The number of hydrogen-bond acceptors (Lipinski definition) is 6. The van der Waals surface area contributed by atoms with Gasteiger partial charge in [-0.1, -0.05) is 13.8 Å². The molecule has 0 aromatic carbocycles. The lowest BCUT2D eigenvalue weighted by Gasteiger charge is -2.22. The summed E-state index contributed by atoms with van der Waals surface area (Å²) in [5.74, 6) is 1.63. The SMILES string of the molecule is COCCCNc1cc(NCC(C)(C)CN)ncn1. The van der Waals surface area contributed by atoms with Crippen molar-refractivity contribution in [3.05, 3.63) is 12.4 Å². The summed E-state index contributed by atoms with van der Waals surface area (Å²) in [6, 6.07) is 1.90. The van der Waals surface area contributed by atoms with Crippen LogP contribution in [0.25, 0.3) is 0 Å². The van der Waals surface area contributed by atoms with Gasteiger partial charge in [0.1, 0.15) is 18.0 Å². The van der Waals surface area contributed by atoms with Gasteiger partial charge in [-0.15, -0.1) is 0 Å². The van der Waals surface area contributed by atoms with Crippen molar-refractivity contribution in [2.75, 3.05) is 44.0 Å². The van der Waals surface area contributed by atoms with Crippen LogP contribution in [0.15, 0.2) is 12.4 Å². The highest BCUT2D eigenvalue weighted by Gasteiger charge is 2.15. The minimum atomic E-state index is 0.0526. The van der Waals surface area contributed by atoms with Crippen LogP contribution in [0.3, 0.4) is 0 Å². The molecule has 0 bridgehead atoms. The summed E-state index contributed by atoms with van der Waals surface area (Å²) >= 11 is 0. The topological polar surface area (TPSA) is 85.1 Å². The van der Waals surface area contributed by atoms with E-state index >= 15 is 0 Å². The normalized spacial score (nSPS) is 11.4. The molecule has 0 fully saturated rings. The van der Waals surface area contributed by atoms with E-state index in [0.717, 1.165) is 37.8 Å². The molecular weight excluding hydrogens is 242 g/mol. The van der Waals surface area contributed by atoms with Gasteiger partial charge in [0.2, 0.25) is 0 Å². The fourth-order valence-electron chi connectivity index (χ4n) is 1.39. The van der Waals surface area contributed by atoms with Gasteiger partial charge in [0.25, 0.3) is 0 Å². The molecule has 0 aliphatic heterocycles. The smallest absolute Gasteiger partial charge is 0.131 e. The molecule has 1 aromatic heterocycles. The van der Waals surface area contributed by atoms with E-state index in [1.54, 1.807) is 13.4 Å². The number of aromatic nitrogens is 2. The van der Waals surface area contributed by atoms with Gasteiger partial charge in [-0.3, -0.25) is 0 Å². The molecular formula is C13H25N5O. The quantitative estimate of drug-likeness (QED) is 0.585. The van der Waals surface area contributed by atoms with Gasteiger partial charge < -0.3 is 21.1 Å². The summed E-state index contributed by atoms with van der Waals surface area (Å²) < 4.78 is 4.99. The number of anilines is 2. The van der Waals surface area contributed by atoms with Crippen LogP contribution in [-0.2, 0) is 4.74 Å². The fourth-order valence-corrected chi connectivity index (χ4v) is 1.39. The molecule has 1 aromatic rings. The Morgan fingerprint density at radius 1 is 1.26 bits per heavy atom. The van der Waals surface area contributed by atoms with E-state index in [-0.39, 0.29) is 5.41 Å². The average Bonchev–Trinajstić information content (AvgIpc) is 2.42. The summed E-state index contributed by atoms with van der Waals surface area (Å²) in [6.45, 7) is 7.22. The highest BCUT2D eigenvalue weighted by molar-refractivity contribution is 5.46. The largest absolute Gasteiger partial charge is 0.385 e. The lowest BCUT2D eigenvalue weighted by atomic mass is 9.94. The van der Waals surface area contributed by atoms with Crippen molar-refractivity contribution < 1.29 is 4.74 Å². The zero-order valence-corrected chi connectivity index (χ0v) is 12.1. The molecule has 6 heteroatoms. The van der Waals surface area contributed by atoms with Crippen molar-refractivity contribution in [3.63, 3.8) is 0 Å². The monoisotopic (exact) mass is 267 g/mol. The summed E-state index contributed by atoms with van der Waals surface area (Å²) in [7, 11) is 1.70. The molecule has 0 saturated carbocycles. The number of nitrogens with one attached hydrogen (secondary N) is 2. The fraction of sp³-hybridized carbons (Fsp3) is 0.692. The van der Waals surface area contributed by atoms with Gasteiger partial charge in [0.05, 0.1) is 0 Å². The Kier molecular flexibility index (Phi) is 6.52. The maximum absolute atomic E-state index is 5.70. The Morgan fingerprint density at radius 2 is 1.95 bits per heavy atom. The van der Waals surface area contributed by atoms with Crippen LogP contribution < -0.4 is 16.4 Å². The van der Waals surface area contributed by atoms with E-state index < -0.39 is 0 Å². The lowest BCUT2D eigenvalue weighted by Crippen LogP contribution is -2.31.